The number of pyridine rings is 1. The molecule has 6 heteroatoms. The van der Waals surface area contributed by atoms with Gasteiger partial charge in [0.15, 0.2) is 0 Å². The molecule has 0 bridgehead atoms. The molecule has 0 radical (unpaired) electrons. The number of carbonyl (C=O) groups excluding carboxylic acids is 1. The maximum Gasteiger partial charge on any atom is 0.232 e. The molecule has 0 unspecified atom stereocenters. The average Bonchev–Trinajstić information content (AvgIpc) is 3.05. The van der Waals surface area contributed by atoms with Crippen molar-refractivity contribution >= 4 is 11.6 Å². The van der Waals surface area contributed by atoms with Crippen molar-refractivity contribution in [2.24, 2.45) is 11.3 Å². The fourth-order valence-electron chi connectivity index (χ4n) is 3.52. The van der Waals surface area contributed by atoms with Gasteiger partial charge in [-0.1, -0.05) is 6.07 Å². The van der Waals surface area contributed by atoms with E-state index in [0.29, 0.717) is 12.5 Å². The molecular formula is C16H19N5O. The summed E-state index contributed by atoms with van der Waals surface area (Å²) >= 11 is 0. The monoisotopic (exact) mass is 297 g/mol. The Morgan fingerprint density at radius 2 is 2.45 bits per heavy atom. The summed E-state index contributed by atoms with van der Waals surface area (Å²) in [5, 5.41) is 10.7. The first kappa shape index (κ1) is 13.5. The molecule has 2 fully saturated rings. The van der Waals surface area contributed by atoms with Gasteiger partial charge in [0, 0.05) is 25.1 Å². The van der Waals surface area contributed by atoms with Crippen LogP contribution in [0.5, 0.6) is 0 Å². The van der Waals surface area contributed by atoms with Gasteiger partial charge in [-0.3, -0.25) is 14.5 Å². The van der Waals surface area contributed by atoms with Crippen LogP contribution < -0.4 is 10.6 Å². The van der Waals surface area contributed by atoms with E-state index < -0.39 is 0 Å². The van der Waals surface area contributed by atoms with Crippen LogP contribution in [0.2, 0.25) is 0 Å². The lowest BCUT2D eigenvalue weighted by atomic mass is 9.61. The highest BCUT2D eigenvalue weighted by Gasteiger charge is 2.55. The zero-order chi connectivity index (χ0) is 15.0. The fraction of sp³-hybridized carbons (Fsp3) is 0.438. The highest BCUT2D eigenvalue weighted by molar-refractivity contribution is 5.96. The lowest BCUT2D eigenvalue weighted by molar-refractivity contribution is -0.132. The van der Waals surface area contributed by atoms with Gasteiger partial charge >= 0.3 is 0 Å². The van der Waals surface area contributed by atoms with Crippen molar-refractivity contribution in [3.63, 3.8) is 0 Å². The molecule has 2 N–H and O–H groups in total. The number of aromatic nitrogens is 3. The highest BCUT2D eigenvalue weighted by Crippen LogP contribution is 2.49. The van der Waals surface area contributed by atoms with Crippen LogP contribution in [0.3, 0.4) is 0 Å². The molecule has 114 valence electrons. The average molecular weight is 297 g/mol. The molecule has 1 saturated heterocycles. The molecule has 2 aliphatic rings. The Labute approximate surface area is 128 Å². The van der Waals surface area contributed by atoms with Crippen LogP contribution >= 0.6 is 0 Å². The number of nitrogens with zero attached hydrogens (tertiary/aromatic N) is 3. The summed E-state index contributed by atoms with van der Waals surface area (Å²) in [6.07, 6.45) is 9.30. The van der Waals surface area contributed by atoms with Gasteiger partial charge in [-0.25, -0.2) is 0 Å². The summed E-state index contributed by atoms with van der Waals surface area (Å²) in [5.41, 5.74) is 1.66. The molecule has 6 nitrogen and oxygen atoms in total. The molecule has 2 aromatic heterocycles. The second-order valence-electron chi connectivity index (χ2n) is 6.26. The Morgan fingerprint density at radius 3 is 3.18 bits per heavy atom. The smallest absolute Gasteiger partial charge is 0.232 e. The summed E-state index contributed by atoms with van der Waals surface area (Å²) in [7, 11) is 0. The van der Waals surface area contributed by atoms with Crippen molar-refractivity contribution in [3.8, 4) is 0 Å². The molecule has 0 spiro atoms. The molecule has 4 rings (SSSR count). The van der Waals surface area contributed by atoms with Crippen LogP contribution in [0.4, 0.5) is 5.69 Å². The van der Waals surface area contributed by atoms with Gasteiger partial charge in [0.1, 0.15) is 0 Å². The third-order valence-electron chi connectivity index (χ3n) is 4.96. The number of hydrogen-bond acceptors (Lipinski definition) is 4. The minimum absolute atomic E-state index is 0.134. The predicted molar refractivity (Wildman–Crippen MR) is 82.2 cm³/mol. The normalized spacial score (nSPS) is 26.3. The molecule has 22 heavy (non-hydrogen) atoms. The standard InChI is InChI=1S/C16H19N5O/c22-15(16-4-3-13(16)7-18-11-16)20-14-8-19-21(10-14)9-12-2-1-5-17-6-12/h1-2,5-6,8,10,13,18H,3-4,7,9,11H2,(H,20,22)/t13-,16-/m0/s1. The van der Waals surface area contributed by atoms with E-state index in [2.05, 4.69) is 20.7 Å². The van der Waals surface area contributed by atoms with Crippen molar-refractivity contribution in [1.82, 2.24) is 20.1 Å². The molecule has 1 saturated carbocycles. The largest absolute Gasteiger partial charge is 0.323 e. The van der Waals surface area contributed by atoms with Crippen LogP contribution in [-0.4, -0.2) is 33.8 Å². The fourth-order valence-corrected chi connectivity index (χ4v) is 3.52. The van der Waals surface area contributed by atoms with Gasteiger partial charge < -0.3 is 10.6 Å². The third kappa shape index (κ3) is 2.20. The Morgan fingerprint density at radius 1 is 1.50 bits per heavy atom. The van der Waals surface area contributed by atoms with E-state index in [0.717, 1.165) is 37.2 Å². The van der Waals surface area contributed by atoms with Crippen molar-refractivity contribution in [1.29, 1.82) is 0 Å². The van der Waals surface area contributed by atoms with Crippen LogP contribution in [-0.2, 0) is 11.3 Å². The minimum Gasteiger partial charge on any atom is -0.323 e. The molecule has 1 amide bonds. The SMILES string of the molecule is O=C(Nc1cnn(Cc2cccnc2)c1)[C@]12CC[C@H]1CNC2. The number of amides is 1. The summed E-state index contributed by atoms with van der Waals surface area (Å²) in [4.78, 5) is 16.7. The van der Waals surface area contributed by atoms with Crippen LogP contribution in [0, 0.1) is 11.3 Å². The first-order valence-corrected chi connectivity index (χ1v) is 7.70. The Kier molecular flexibility index (Phi) is 3.18. The number of carbonyl (C=O) groups is 1. The lowest BCUT2D eigenvalue weighted by Crippen LogP contribution is -2.49. The number of nitrogens with one attached hydrogen (secondary N) is 2. The van der Waals surface area contributed by atoms with Gasteiger partial charge in [0.05, 0.1) is 23.8 Å². The van der Waals surface area contributed by atoms with Gasteiger partial charge in [-0.15, -0.1) is 0 Å². The van der Waals surface area contributed by atoms with Crippen LogP contribution in [0.15, 0.2) is 36.9 Å². The lowest BCUT2D eigenvalue weighted by Gasteiger charge is -2.42. The number of fused-ring (bicyclic) bond motifs is 1. The predicted octanol–water partition coefficient (Wildman–Crippen LogP) is 1.26. The van der Waals surface area contributed by atoms with E-state index in [-0.39, 0.29) is 11.3 Å². The first-order chi connectivity index (χ1) is 10.8. The summed E-state index contributed by atoms with van der Waals surface area (Å²) in [6, 6.07) is 3.92. The van der Waals surface area contributed by atoms with Gasteiger partial charge in [-0.2, -0.15) is 5.10 Å². The van der Waals surface area contributed by atoms with Crippen molar-refractivity contribution in [2.45, 2.75) is 19.4 Å². The zero-order valence-corrected chi connectivity index (χ0v) is 12.3. The van der Waals surface area contributed by atoms with Gasteiger partial charge in [0.2, 0.25) is 5.91 Å². The zero-order valence-electron chi connectivity index (χ0n) is 12.3. The van der Waals surface area contributed by atoms with E-state index in [1.807, 2.05) is 29.2 Å². The topological polar surface area (TPSA) is 71.8 Å². The Bertz CT molecular complexity index is 683. The summed E-state index contributed by atoms with van der Waals surface area (Å²) < 4.78 is 1.81. The number of anilines is 1. The number of rotatable bonds is 4. The van der Waals surface area contributed by atoms with E-state index in [1.54, 1.807) is 12.4 Å². The summed E-state index contributed by atoms with van der Waals surface area (Å²) in [6.45, 7) is 2.42. The van der Waals surface area contributed by atoms with Gasteiger partial charge in [-0.05, 0) is 36.9 Å². The van der Waals surface area contributed by atoms with E-state index in [9.17, 15) is 4.79 Å². The molecule has 0 aromatic carbocycles. The second kappa shape index (κ2) is 5.21. The number of hydrogen-bond donors (Lipinski definition) is 2. The third-order valence-corrected chi connectivity index (χ3v) is 4.96. The molecule has 1 aliphatic carbocycles. The van der Waals surface area contributed by atoms with Crippen molar-refractivity contribution < 1.29 is 4.79 Å². The maximum atomic E-state index is 12.6. The molecular weight excluding hydrogens is 278 g/mol. The maximum absolute atomic E-state index is 12.6. The molecule has 2 aromatic rings. The summed E-state index contributed by atoms with van der Waals surface area (Å²) in [5.74, 6) is 0.632. The van der Waals surface area contributed by atoms with E-state index >= 15 is 0 Å². The molecule has 1 aliphatic heterocycles. The van der Waals surface area contributed by atoms with Crippen molar-refractivity contribution in [3.05, 3.63) is 42.5 Å². The Hall–Kier alpha value is -2.21. The first-order valence-electron chi connectivity index (χ1n) is 7.70. The highest BCUT2D eigenvalue weighted by atomic mass is 16.2. The van der Waals surface area contributed by atoms with E-state index in [1.165, 1.54) is 0 Å². The minimum atomic E-state index is -0.189. The van der Waals surface area contributed by atoms with Crippen LogP contribution in [0.1, 0.15) is 18.4 Å². The van der Waals surface area contributed by atoms with E-state index in [4.69, 9.17) is 0 Å². The second-order valence-corrected chi connectivity index (χ2v) is 6.26. The quantitative estimate of drug-likeness (QED) is 0.891. The van der Waals surface area contributed by atoms with Crippen LogP contribution in [0.25, 0.3) is 0 Å². The van der Waals surface area contributed by atoms with Crippen molar-refractivity contribution in [2.75, 3.05) is 18.4 Å². The Balaban J connectivity index is 1.43. The van der Waals surface area contributed by atoms with Gasteiger partial charge in [0.25, 0.3) is 0 Å². The molecule has 3 heterocycles. The molecule has 2 atom stereocenters.